The average molecular weight is 337 g/mol. The quantitative estimate of drug-likeness (QED) is 0.613. The number of rotatable bonds is 4. The molecule has 0 aliphatic carbocycles. The van der Waals surface area contributed by atoms with Crippen LogP contribution in [0.5, 0.6) is 0 Å². The second-order valence-electron chi connectivity index (χ2n) is 5.85. The summed E-state index contributed by atoms with van der Waals surface area (Å²) in [6.45, 7) is 2.00. The second-order valence-corrected chi connectivity index (χ2v) is 5.85. The van der Waals surface area contributed by atoms with E-state index in [1.807, 2.05) is 28.8 Å². The van der Waals surface area contributed by atoms with Crippen LogP contribution in [0.15, 0.2) is 59.1 Å². The molecule has 0 radical (unpaired) electrons. The van der Waals surface area contributed by atoms with E-state index in [0.717, 1.165) is 11.0 Å². The van der Waals surface area contributed by atoms with Crippen molar-refractivity contribution in [2.75, 3.05) is 0 Å². The van der Waals surface area contributed by atoms with Crippen molar-refractivity contribution < 1.29 is 13.9 Å². The Hall–Kier alpha value is -2.99. The van der Waals surface area contributed by atoms with Crippen molar-refractivity contribution in [2.24, 2.45) is 0 Å². The number of aliphatic hydroxyl groups is 1. The second kappa shape index (κ2) is 6.14. The summed E-state index contributed by atoms with van der Waals surface area (Å²) in [5.41, 5.74) is 2.32. The number of fused-ring (bicyclic) bond motifs is 1. The number of hydrogen-bond donors (Lipinski definition) is 1. The first-order valence-corrected chi connectivity index (χ1v) is 7.95. The summed E-state index contributed by atoms with van der Waals surface area (Å²) in [5, 5.41) is 10.0. The van der Waals surface area contributed by atoms with Gasteiger partial charge < -0.3 is 14.1 Å². The number of halogens is 1. The lowest BCUT2D eigenvalue weighted by molar-refractivity contribution is 0.184. The Kier molecular flexibility index (Phi) is 3.82. The molecular weight excluding hydrogens is 321 g/mol. The number of imidazole rings is 1. The first-order valence-electron chi connectivity index (χ1n) is 7.95. The number of oxazole rings is 1. The molecule has 2 heterocycles. The smallest absolute Gasteiger partial charge is 0.214 e. The van der Waals surface area contributed by atoms with Crippen LogP contribution in [0.1, 0.15) is 24.7 Å². The zero-order chi connectivity index (χ0) is 17.4. The molecule has 1 N–H and O–H groups in total. The van der Waals surface area contributed by atoms with Crippen molar-refractivity contribution >= 4 is 11.0 Å². The van der Waals surface area contributed by atoms with E-state index in [4.69, 9.17) is 4.42 Å². The van der Waals surface area contributed by atoms with Gasteiger partial charge in [0.2, 0.25) is 5.89 Å². The molecule has 6 heteroatoms. The Labute approximate surface area is 143 Å². The van der Waals surface area contributed by atoms with Crippen molar-refractivity contribution in [1.29, 1.82) is 0 Å². The van der Waals surface area contributed by atoms with Gasteiger partial charge in [-0.2, -0.15) is 0 Å². The van der Waals surface area contributed by atoms with Gasteiger partial charge in [0.05, 0.1) is 17.2 Å². The third-order valence-corrected chi connectivity index (χ3v) is 4.01. The Morgan fingerprint density at radius 1 is 1.20 bits per heavy atom. The van der Waals surface area contributed by atoms with E-state index in [2.05, 4.69) is 9.97 Å². The van der Waals surface area contributed by atoms with Crippen molar-refractivity contribution in [3.05, 3.63) is 72.3 Å². The van der Waals surface area contributed by atoms with Gasteiger partial charge in [-0.3, -0.25) is 0 Å². The molecule has 0 unspecified atom stereocenters. The first kappa shape index (κ1) is 15.5. The van der Waals surface area contributed by atoms with E-state index in [1.54, 1.807) is 25.3 Å². The maximum absolute atomic E-state index is 13.4. The summed E-state index contributed by atoms with van der Waals surface area (Å²) in [5.74, 6) is 1.18. The van der Waals surface area contributed by atoms with E-state index in [-0.39, 0.29) is 5.82 Å². The molecule has 0 aliphatic heterocycles. The van der Waals surface area contributed by atoms with Gasteiger partial charge in [0.1, 0.15) is 24.3 Å². The number of nitrogens with zero attached hydrogens (tertiary/aromatic N) is 3. The number of hydrogen-bond acceptors (Lipinski definition) is 4. The topological polar surface area (TPSA) is 64.1 Å². The molecule has 5 nitrogen and oxygen atoms in total. The van der Waals surface area contributed by atoms with Crippen LogP contribution in [-0.4, -0.2) is 19.6 Å². The molecule has 126 valence electrons. The fraction of sp³-hybridized carbons (Fsp3) is 0.158. The van der Waals surface area contributed by atoms with Crippen LogP contribution in [0.3, 0.4) is 0 Å². The Bertz CT molecular complexity index is 1040. The van der Waals surface area contributed by atoms with E-state index in [0.29, 0.717) is 29.6 Å². The lowest BCUT2D eigenvalue weighted by Gasteiger charge is -2.08. The molecule has 0 saturated heterocycles. The van der Waals surface area contributed by atoms with Gasteiger partial charge >= 0.3 is 0 Å². The Morgan fingerprint density at radius 2 is 2.04 bits per heavy atom. The third-order valence-electron chi connectivity index (χ3n) is 4.01. The molecule has 2 aromatic carbocycles. The van der Waals surface area contributed by atoms with Gasteiger partial charge in [-0.15, -0.1) is 0 Å². The van der Waals surface area contributed by atoms with Crippen LogP contribution < -0.4 is 0 Å². The summed E-state index contributed by atoms with van der Waals surface area (Å²) in [6, 6.07) is 13.8. The predicted octanol–water partition coefficient (Wildman–Crippen LogP) is 3.93. The molecular formula is C19H16FN3O2. The zero-order valence-corrected chi connectivity index (χ0v) is 13.6. The van der Waals surface area contributed by atoms with Crippen LogP contribution in [0.25, 0.3) is 22.4 Å². The highest BCUT2D eigenvalue weighted by molar-refractivity contribution is 5.76. The fourth-order valence-electron chi connectivity index (χ4n) is 2.87. The molecule has 4 aromatic rings. The van der Waals surface area contributed by atoms with E-state index in [9.17, 15) is 9.50 Å². The van der Waals surface area contributed by atoms with Crippen molar-refractivity contribution in [2.45, 2.75) is 19.6 Å². The van der Waals surface area contributed by atoms with Crippen LogP contribution in [-0.2, 0) is 6.54 Å². The molecule has 0 bridgehead atoms. The van der Waals surface area contributed by atoms with Gasteiger partial charge in [0.25, 0.3) is 0 Å². The minimum atomic E-state index is -0.718. The molecule has 0 saturated carbocycles. The number of aliphatic hydroxyl groups excluding tert-OH is 1. The SMILES string of the molecule is C[C@H](O)c1nc2ccccc2n1Cc1ncc(-c2cccc(F)c2)o1. The van der Waals surface area contributed by atoms with Crippen molar-refractivity contribution in [3.8, 4) is 11.3 Å². The lowest BCUT2D eigenvalue weighted by Crippen LogP contribution is -2.08. The van der Waals surface area contributed by atoms with Gasteiger partial charge in [-0.25, -0.2) is 14.4 Å². The summed E-state index contributed by atoms with van der Waals surface area (Å²) in [6.07, 6.45) is 0.857. The third kappa shape index (κ3) is 2.92. The highest BCUT2D eigenvalue weighted by Gasteiger charge is 2.17. The zero-order valence-electron chi connectivity index (χ0n) is 13.6. The van der Waals surface area contributed by atoms with Crippen molar-refractivity contribution in [1.82, 2.24) is 14.5 Å². The molecule has 2 aromatic heterocycles. The summed E-state index contributed by atoms with van der Waals surface area (Å²) in [7, 11) is 0. The minimum Gasteiger partial charge on any atom is -0.439 e. The Morgan fingerprint density at radius 3 is 2.84 bits per heavy atom. The van der Waals surface area contributed by atoms with E-state index in [1.165, 1.54) is 12.1 Å². The number of aromatic nitrogens is 3. The summed E-state index contributed by atoms with van der Waals surface area (Å²) >= 11 is 0. The van der Waals surface area contributed by atoms with Gasteiger partial charge in [-0.1, -0.05) is 24.3 Å². The summed E-state index contributed by atoms with van der Waals surface area (Å²) in [4.78, 5) is 8.76. The Balaban J connectivity index is 1.72. The number of benzene rings is 2. The maximum atomic E-state index is 13.4. The van der Waals surface area contributed by atoms with Gasteiger partial charge in [0.15, 0.2) is 5.76 Å². The molecule has 25 heavy (non-hydrogen) atoms. The monoisotopic (exact) mass is 337 g/mol. The highest BCUT2D eigenvalue weighted by Crippen LogP contribution is 2.25. The van der Waals surface area contributed by atoms with E-state index >= 15 is 0 Å². The minimum absolute atomic E-state index is 0.326. The van der Waals surface area contributed by atoms with Crippen LogP contribution >= 0.6 is 0 Å². The molecule has 0 amide bonds. The molecule has 1 atom stereocenters. The van der Waals surface area contributed by atoms with Gasteiger partial charge in [-0.05, 0) is 31.2 Å². The standard InChI is InChI=1S/C19H16FN3O2/c1-12(24)19-22-15-7-2-3-8-16(15)23(19)11-18-21-10-17(25-18)13-5-4-6-14(20)9-13/h2-10,12,24H,11H2,1H3/t12-/m0/s1. The van der Waals surface area contributed by atoms with Crippen LogP contribution in [0.2, 0.25) is 0 Å². The molecule has 0 aliphatic rings. The molecule has 0 spiro atoms. The largest absolute Gasteiger partial charge is 0.439 e. The molecule has 4 rings (SSSR count). The van der Waals surface area contributed by atoms with Crippen LogP contribution in [0, 0.1) is 5.82 Å². The van der Waals surface area contributed by atoms with E-state index < -0.39 is 6.10 Å². The first-order chi connectivity index (χ1) is 12.1. The predicted molar refractivity (Wildman–Crippen MR) is 91.4 cm³/mol. The normalized spacial score (nSPS) is 12.6. The molecule has 0 fully saturated rings. The lowest BCUT2D eigenvalue weighted by atomic mass is 10.2. The number of para-hydroxylation sites is 2. The highest BCUT2D eigenvalue weighted by atomic mass is 19.1. The average Bonchev–Trinajstić information content (AvgIpc) is 3.21. The fourth-order valence-corrected chi connectivity index (χ4v) is 2.87. The summed E-state index contributed by atoms with van der Waals surface area (Å²) < 4.78 is 21.0. The maximum Gasteiger partial charge on any atom is 0.214 e. The van der Waals surface area contributed by atoms with Crippen LogP contribution in [0.4, 0.5) is 4.39 Å². The van der Waals surface area contributed by atoms with Crippen molar-refractivity contribution in [3.63, 3.8) is 0 Å². The van der Waals surface area contributed by atoms with Gasteiger partial charge in [0, 0.05) is 5.56 Å².